The lowest BCUT2D eigenvalue weighted by Gasteiger charge is -2.01. The molecule has 1 N–H and O–H groups in total. The van der Waals surface area contributed by atoms with Crippen molar-refractivity contribution in [2.75, 3.05) is 6.54 Å². The number of carbonyl (C=O) groups excluding carboxylic acids is 1. The fraction of sp³-hybridized carbons (Fsp3) is 0.273. The summed E-state index contributed by atoms with van der Waals surface area (Å²) < 4.78 is 5.06. The van der Waals surface area contributed by atoms with Gasteiger partial charge in [0.25, 0.3) is 5.91 Å². The summed E-state index contributed by atoms with van der Waals surface area (Å²) in [5, 5.41) is 2.73. The molecular formula is C11H12N4O2. The van der Waals surface area contributed by atoms with Gasteiger partial charge in [-0.25, -0.2) is 9.97 Å². The van der Waals surface area contributed by atoms with Gasteiger partial charge in [0.05, 0.1) is 11.9 Å². The number of aromatic nitrogens is 3. The first-order chi connectivity index (χ1) is 8.25. The molecule has 1 amide bonds. The number of rotatable bonds is 4. The van der Waals surface area contributed by atoms with Gasteiger partial charge >= 0.3 is 0 Å². The molecule has 2 aromatic rings. The van der Waals surface area contributed by atoms with E-state index in [0.717, 1.165) is 5.69 Å². The molecule has 0 saturated carbocycles. The fourth-order valence-electron chi connectivity index (χ4n) is 1.33. The van der Waals surface area contributed by atoms with Crippen LogP contribution in [-0.2, 0) is 6.42 Å². The number of hydrogen-bond donors (Lipinski definition) is 1. The Morgan fingerprint density at radius 2 is 2.35 bits per heavy atom. The highest BCUT2D eigenvalue weighted by molar-refractivity contribution is 5.91. The molecule has 6 heteroatoms. The Kier molecular flexibility index (Phi) is 3.44. The Morgan fingerprint density at radius 3 is 3.00 bits per heavy atom. The second kappa shape index (κ2) is 5.20. The van der Waals surface area contributed by atoms with Crippen LogP contribution in [0.3, 0.4) is 0 Å². The Balaban J connectivity index is 1.81. The Hall–Kier alpha value is -2.24. The smallest absolute Gasteiger partial charge is 0.271 e. The fourth-order valence-corrected chi connectivity index (χ4v) is 1.33. The normalized spacial score (nSPS) is 10.2. The standard InChI is InChI=1S/C11H12N4O2/c1-8-15-9(7-17-8)2-3-14-11(16)10-6-12-4-5-13-10/h4-7H,2-3H2,1H3,(H,14,16). The van der Waals surface area contributed by atoms with Crippen LogP contribution in [0.25, 0.3) is 0 Å². The molecule has 88 valence electrons. The summed E-state index contributed by atoms with van der Waals surface area (Å²) >= 11 is 0. The summed E-state index contributed by atoms with van der Waals surface area (Å²) in [6, 6.07) is 0. The van der Waals surface area contributed by atoms with E-state index in [-0.39, 0.29) is 5.91 Å². The average molecular weight is 232 g/mol. The van der Waals surface area contributed by atoms with Crippen molar-refractivity contribution in [3.05, 3.63) is 42.1 Å². The van der Waals surface area contributed by atoms with Crippen LogP contribution in [0.1, 0.15) is 22.1 Å². The van der Waals surface area contributed by atoms with E-state index in [1.807, 2.05) is 0 Å². The van der Waals surface area contributed by atoms with Crippen molar-refractivity contribution in [2.45, 2.75) is 13.3 Å². The molecule has 0 radical (unpaired) electrons. The average Bonchev–Trinajstić information content (AvgIpc) is 2.76. The van der Waals surface area contributed by atoms with Gasteiger partial charge in [0.15, 0.2) is 5.89 Å². The summed E-state index contributed by atoms with van der Waals surface area (Å²) in [6.07, 6.45) is 6.65. The molecule has 0 atom stereocenters. The first-order valence-corrected chi connectivity index (χ1v) is 5.21. The van der Waals surface area contributed by atoms with Crippen LogP contribution < -0.4 is 5.32 Å². The van der Waals surface area contributed by atoms with Gasteiger partial charge in [-0.3, -0.25) is 9.78 Å². The van der Waals surface area contributed by atoms with Crippen LogP contribution in [0.4, 0.5) is 0 Å². The molecule has 0 aliphatic heterocycles. The van der Waals surface area contributed by atoms with Gasteiger partial charge < -0.3 is 9.73 Å². The van der Waals surface area contributed by atoms with Crippen molar-refractivity contribution in [3.8, 4) is 0 Å². The van der Waals surface area contributed by atoms with Gasteiger partial charge in [0.1, 0.15) is 12.0 Å². The lowest BCUT2D eigenvalue weighted by atomic mass is 10.3. The number of hydrogen-bond acceptors (Lipinski definition) is 5. The van der Waals surface area contributed by atoms with E-state index in [1.54, 1.807) is 13.2 Å². The number of nitrogens with zero attached hydrogens (tertiary/aromatic N) is 3. The number of amides is 1. The van der Waals surface area contributed by atoms with Gasteiger partial charge in [0.2, 0.25) is 0 Å². The molecule has 0 aliphatic rings. The highest BCUT2D eigenvalue weighted by Gasteiger charge is 2.06. The van der Waals surface area contributed by atoms with E-state index in [9.17, 15) is 4.79 Å². The molecule has 0 aromatic carbocycles. The molecule has 0 bridgehead atoms. The molecular weight excluding hydrogens is 220 g/mol. The summed E-state index contributed by atoms with van der Waals surface area (Å²) in [6.45, 7) is 2.27. The minimum Gasteiger partial charge on any atom is -0.449 e. The van der Waals surface area contributed by atoms with Crippen molar-refractivity contribution in [2.24, 2.45) is 0 Å². The molecule has 2 aromatic heterocycles. The summed E-state index contributed by atoms with van der Waals surface area (Å²) in [5.41, 5.74) is 1.13. The zero-order valence-corrected chi connectivity index (χ0v) is 9.38. The third kappa shape index (κ3) is 3.10. The molecule has 17 heavy (non-hydrogen) atoms. The quantitative estimate of drug-likeness (QED) is 0.841. The van der Waals surface area contributed by atoms with Crippen molar-refractivity contribution in [1.29, 1.82) is 0 Å². The van der Waals surface area contributed by atoms with E-state index >= 15 is 0 Å². The SMILES string of the molecule is Cc1nc(CCNC(=O)c2cnccn2)co1. The first kappa shape index (κ1) is 11.3. The molecule has 0 spiro atoms. The predicted octanol–water partition coefficient (Wildman–Crippen LogP) is 0.746. The van der Waals surface area contributed by atoms with E-state index in [2.05, 4.69) is 20.3 Å². The second-order valence-electron chi connectivity index (χ2n) is 3.45. The lowest BCUT2D eigenvalue weighted by molar-refractivity contribution is 0.0948. The molecule has 2 rings (SSSR count). The molecule has 6 nitrogen and oxygen atoms in total. The third-order valence-electron chi connectivity index (χ3n) is 2.13. The van der Waals surface area contributed by atoms with E-state index < -0.39 is 0 Å². The van der Waals surface area contributed by atoms with Crippen LogP contribution in [0.15, 0.2) is 29.3 Å². The first-order valence-electron chi connectivity index (χ1n) is 5.21. The summed E-state index contributed by atoms with van der Waals surface area (Å²) in [5.74, 6) is 0.388. The van der Waals surface area contributed by atoms with Crippen molar-refractivity contribution < 1.29 is 9.21 Å². The van der Waals surface area contributed by atoms with Gasteiger partial charge in [-0.1, -0.05) is 0 Å². The zero-order chi connectivity index (χ0) is 12.1. The number of nitrogens with one attached hydrogen (secondary N) is 1. The summed E-state index contributed by atoms with van der Waals surface area (Å²) in [4.78, 5) is 23.4. The van der Waals surface area contributed by atoms with Gasteiger partial charge in [-0.2, -0.15) is 0 Å². The molecule has 0 fully saturated rings. The molecule has 0 aliphatic carbocycles. The highest BCUT2D eigenvalue weighted by atomic mass is 16.3. The van der Waals surface area contributed by atoms with Crippen LogP contribution in [0.5, 0.6) is 0 Å². The molecule has 0 unspecified atom stereocenters. The van der Waals surface area contributed by atoms with E-state index in [0.29, 0.717) is 24.6 Å². The topological polar surface area (TPSA) is 80.9 Å². The third-order valence-corrected chi connectivity index (χ3v) is 2.13. The molecule has 2 heterocycles. The van der Waals surface area contributed by atoms with Crippen molar-refractivity contribution >= 4 is 5.91 Å². The van der Waals surface area contributed by atoms with Crippen LogP contribution >= 0.6 is 0 Å². The van der Waals surface area contributed by atoms with Gasteiger partial charge in [-0.05, 0) is 0 Å². The Labute approximate surface area is 98.1 Å². The van der Waals surface area contributed by atoms with Crippen molar-refractivity contribution in [1.82, 2.24) is 20.3 Å². The van der Waals surface area contributed by atoms with Gasteiger partial charge in [0, 0.05) is 32.3 Å². The van der Waals surface area contributed by atoms with Crippen LogP contribution in [0.2, 0.25) is 0 Å². The Bertz CT molecular complexity index is 495. The number of carbonyl (C=O) groups is 1. The van der Waals surface area contributed by atoms with Crippen LogP contribution in [0, 0.1) is 6.92 Å². The molecule has 0 saturated heterocycles. The summed E-state index contributed by atoms with van der Waals surface area (Å²) in [7, 11) is 0. The minimum atomic E-state index is -0.238. The zero-order valence-electron chi connectivity index (χ0n) is 9.38. The van der Waals surface area contributed by atoms with E-state index in [1.165, 1.54) is 18.6 Å². The number of aryl methyl sites for hydroxylation is 1. The maximum atomic E-state index is 11.6. The highest BCUT2D eigenvalue weighted by Crippen LogP contribution is 2.00. The predicted molar refractivity (Wildman–Crippen MR) is 59.3 cm³/mol. The maximum Gasteiger partial charge on any atom is 0.271 e. The maximum absolute atomic E-state index is 11.6. The second-order valence-corrected chi connectivity index (χ2v) is 3.45. The van der Waals surface area contributed by atoms with Crippen molar-refractivity contribution in [3.63, 3.8) is 0 Å². The number of oxazole rings is 1. The van der Waals surface area contributed by atoms with Gasteiger partial charge in [-0.15, -0.1) is 0 Å². The largest absolute Gasteiger partial charge is 0.449 e. The lowest BCUT2D eigenvalue weighted by Crippen LogP contribution is -2.26. The van der Waals surface area contributed by atoms with Crippen LogP contribution in [-0.4, -0.2) is 27.4 Å². The monoisotopic (exact) mass is 232 g/mol. The Morgan fingerprint density at radius 1 is 1.47 bits per heavy atom. The van der Waals surface area contributed by atoms with E-state index in [4.69, 9.17) is 4.42 Å². The minimum absolute atomic E-state index is 0.238.